The Balaban J connectivity index is 2.99. The molecule has 0 fully saturated rings. The van der Waals surface area contributed by atoms with Crippen LogP contribution >= 0.6 is 0 Å². The van der Waals surface area contributed by atoms with Crippen molar-refractivity contribution in [1.29, 1.82) is 5.26 Å². The number of benzene rings is 1. The number of hydrogen-bond acceptors (Lipinski definition) is 3. The fraction of sp³-hybridized carbons (Fsp3) is 0.429. The number of nitriles is 1. The second-order valence-corrected chi connectivity index (χ2v) is 4.61. The van der Waals surface area contributed by atoms with Crippen molar-refractivity contribution in [2.75, 3.05) is 18.0 Å². The maximum atomic E-state index is 13.4. The molecule has 0 N–H and O–H groups in total. The first-order valence-corrected chi connectivity index (χ1v) is 5.94. The van der Waals surface area contributed by atoms with Crippen LogP contribution in [0.15, 0.2) is 18.2 Å². The monoisotopic (exact) mass is 248 g/mol. The summed E-state index contributed by atoms with van der Waals surface area (Å²) in [4.78, 5) is 12.7. The summed E-state index contributed by atoms with van der Waals surface area (Å²) in [7, 11) is 0. The molecule has 0 spiro atoms. The smallest absolute Gasteiger partial charge is 0.150 e. The Morgan fingerprint density at radius 1 is 1.44 bits per heavy atom. The van der Waals surface area contributed by atoms with Crippen molar-refractivity contribution < 1.29 is 9.18 Å². The Hall–Kier alpha value is -1.89. The Kier molecular flexibility index (Phi) is 5.31. The summed E-state index contributed by atoms with van der Waals surface area (Å²) in [6, 6.07) is 6.33. The van der Waals surface area contributed by atoms with Crippen LogP contribution in [0, 0.1) is 23.1 Å². The number of anilines is 1. The lowest BCUT2D eigenvalue weighted by atomic mass is 10.1. The summed E-state index contributed by atoms with van der Waals surface area (Å²) < 4.78 is 13.4. The SMILES string of the molecule is CC(C)CN(CCC#N)c1cc(F)cc(C=O)c1. The van der Waals surface area contributed by atoms with Crippen molar-refractivity contribution >= 4 is 12.0 Å². The molecule has 0 atom stereocenters. The molecule has 0 heterocycles. The molecule has 18 heavy (non-hydrogen) atoms. The van der Waals surface area contributed by atoms with Gasteiger partial charge in [0.2, 0.25) is 0 Å². The van der Waals surface area contributed by atoms with E-state index in [4.69, 9.17) is 5.26 Å². The standard InChI is InChI=1S/C14H17FN2O/c1-11(2)9-17(5-3-4-16)14-7-12(10-18)6-13(15)8-14/h6-8,10-11H,3,5,9H2,1-2H3. The number of rotatable bonds is 6. The highest BCUT2D eigenvalue weighted by Gasteiger charge is 2.10. The summed E-state index contributed by atoms with van der Waals surface area (Å²) >= 11 is 0. The van der Waals surface area contributed by atoms with Crippen LogP contribution in [0.4, 0.5) is 10.1 Å². The Labute approximate surface area is 107 Å². The first-order chi connectivity index (χ1) is 8.56. The average Bonchev–Trinajstić information content (AvgIpc) is 2.33. The molecule has 3 nitrogen and oxygen atoms in total. The third-order valence-electron chi connectivity index (χ3n) is 2.49. The molecule has 0 unspecified atom stereocenters. The van der Waals surface area contributed by atoms with Crippen LogP contribution in [0.25, 0.3) is 0 Å². The number of carbonyl (C=O) groups is 1. The number of hydrogen-bond donors (Lipinski definition) is 0. The van der Waals surface area contributed by atoms with Gasteiger partial charge in [-0.3, -0.25) is 4.79 Å². The van der Waals surface area contributed by atoms with Crippen molar-refractivity contribution in [3.05, 3.63) is 29.6 Å². The molecule has 0 bridgehead atoms. The lowest BCUT2D eigenvalue weighted by molar-refractivity contribution is 0.112. The van der Waals surface area contributed by atoms with Gasteiger partial charge in [0.05, 0.1) is 12.5 Å². The largest absolute Gasteiger partial charge is 0.370 e. The van der Waals surface area contributed by atoms with E-state index >= 15 is 0 Å². The zero-order chi connectivity index (χ0) is 13.5. The van der Waals surface area contributed by atoms with E-state index in [9.17, 15) is 9.18 Å². The van der Waals surface area contributed by atoms with Crippen molar-refractivity contribution in [1.82, 2.24) is 0 Å². The van der Waals surface area contributed by atoms with Crippen LogP contribution in [0.3, 0.4) is 0 Å². The minimum atomic E-state index is -0.430. The maximum Gasteiger partial charge on any atom is 0.150 e. The first kappa shape index (κ1) is 14.2. The highest BCUT2D eigenvalue weighted by molar-refractivity contribution is 5.77. The number of halogens is 1. The van der Waals surface area contributed by atoms with Gasteiger partial charge in [0.1, 0.15) is 12.1 Å². The molecule has 1 rings (SSSR count). The first-order valence-electron chi connectivity index (χ1n) is 5.94. The topological polar surface area (TPSA) is 44.1 Å². The molecule has 0 aromatic heterocycles. The average molecular weight is 248 g/mol. The maximum absolute atomic E-state index is 13.4. The molecular weight excluding hydrogens is 231 g/mol. The highest BCUT2D eigenvalue weighted by atomic mass is 19.1. The summed E-state index contributed by atoms with van der Waals surface area (Å²) in [5, 5.41) is 8.64. The van der Waals surface area contributed by atoms with E-state index < -0.39 is 5.82 Å². The zero-order valence-corrected chi connectivity index (χ0v) is 10.7. The van der Waals surface area contributed by atoms with Gasteiger partial charge in [-0.15, -0.1) is 0 Å². The zero-order valence-electron chi connectivity index (χ0n) is 10.7. The fourth-order valence-corrected chi connectivity index (χ4v) is 1.80. The Morgan fingerprint density at radius 3 is 2.72 bits per heavy atom. The van der Waals surface area contributed by atoms with Crippen LogP contribution in [0.5, 0.6) is 0 Å². The molecule has 1 aromatic rings. The Bertz CT molecular complexity index is 452. The minimum absolute atomic E-state index is 0.315. The van der Waals surface area contributed by atoms with Gasteiger partial charge in [-0.2, -0.15) is 5.26 Å². The lowest BCUT2D eigenvalue weighted by Gasteiger charge is -2.26. The van der Waals surface area contributed by atoms with Crippen LogP contribution in [0.1, 0.15) is 30.6 Å². The molecule has 4 heteroatoms. The number of nitrogens with zero attached hydrogens (tertiary/aromatic N) is 2. The van der Waals surface area contributed by atoms with E-state index in [0.29, 0.717) is 36.4 Å². The summed E-state index contributed by atoms with van der Waals surface area (Å²) in [6.07, 6.45) is 1.00. The third kappa shape index (κ3) is 4.17. The molecule has 0 saturated carbocycles. The molecule has 0 radical (unpaired) electrons. The van der Waals surface area contributed by atoms with Gasteiger partial charge in [-0.25, -0.2) is 4.39 Å². The molecule has 0 aliphatic rings. The molecule has 0 aliphatic heterocycles. The lowest BCUT2D eigenvalue weighted by Crippen LogP contribution is -2.28. The van der Waals surface area contributed by atoms with Crippen molar-refractivity contribution in [3.8, 4) is 6.07 Å². The van der Waals surface area contributed by atoms with Gasteiger partial charge in [0.25, 0.3) is 0 Å². The quantitative estimate of drug-likeness (QED) is 0.727. The van der Waals surface area contributed by atoms with Gasteiger partial charge >= 0.3 is 0 Å². The normalized spacial score (nSPS) is 10.2. The van der Waals surface area contributed by atoms with Crippen LogP contribution < -0.4 is 4.90 Å². The highest BCUT2D eigenvalue weighted by Crippen LogP contribution is 2.19. The van der Waals surface area contributed by atoms with E-state index in [1.165, 1.54) is 12.1 Å². The van der Waals surface area contributed by atoms with Crippen LogP contribution in [0.2, 0.25) is 0 Å². The molecular formula is C14H17FN2O. The minimum Gasteiger partial charge on any atom is -0.370 e. The van der Waals surface area contributed by atoms with Crippen LogP contribution in [-0.4, -0.2) is 19.4 Å². The van der Waals surface area contributed by atoms with E-state index in [2.05, 4.69) is 19.9 Å². The van der Waals surface area contributed by atoms with E-state index in [-0.39, 0.29) is 0 Å². The summed E-state index contributed by atoms with van der Waals surface area (Å²) in [6.45, 7) is 5.37. The van der Waals surface area contributed by atoms with Crippen molar-refractivity contribution in [3.63, 3.8) is 0 Å². The third-order valence-corrected chi connectivity index (χ3v) is 2.49. The van der Waals surface area contributed by atoms with Crippen LogP contribution in [-0.2, 0) is 0 Å². The van der Waals surface area contributed by atoms with Gasteiger partial charge in [0.15, 0.2) is 0 Å². The van der Waals surface area contributed by atoms with E-state index in [1.54, 1.807) is 6.07 Å². The molecule has 0 aliphatic carbocycles. The van der Waals surface area contributed by atoms with Gasteiger partial charge < -0.3 is 4.90 Å². The summed E-state index contributed by atoms with van der Waals surface area (Å²) in [5.74, 6) is -0.0352. The molecule has 96 valence electrons. The fourth-order valence-electron chi connectivity index (χ4n) is 1.80. The number of carbonyl (C=O) groups excluding carboxylic acids is 1. The van der Waals surface area contributed by atoms with E-state index in [0.717, 1.165) is 6.54 Å². The van der Waals surface area contributed by atoms with Crippen molar-refractivity contribution in [2.24, 2.45) is 5.92 Å². The van der Waals surface area contributed by atoms with Gasteiger partial charge in [-0.05, 0) is 24.1 Å². The molecule has 0 amide bonds. The van der Waals surface area contributed by atoms with Gasteiger partial charge in [0, 0.05) is 24.3 Å². The number of aldehydes is 1. The molecule has 0 saturated heterocycles. The van der Waals surface area contributed by atoms with Crippen molar-refractivity contribution in [2.45, 2.75) is 20.3 Å². The van der Waals surface area contributed by atoms with E-state index in [1.807, 2.05) is 4.90 Å². The summed E-state index contributed by atoms with van der Waals surface area (Å²) in [5.41, 5.74) is 0.969. The predicted molar refractivity (Wildman–Crippen MR) is 69.1 cm³/mol. The second kappa shape index (κ2) is 6.75. The molecule has 1 aromatic carbocycles. The Morgan fingerprint density at radius 2 is 2.17 bits per heavy atom. The second-order valence-electron chi connectivity index (χ2n) is 4.61. The predicted octanol–water partition coefficient (Wildman–Crippen LogP) is 3.01. The van der Waals surface area contributed by atoms with Gasteiger partial charge in [-0.1, -0.05) is 13.8 Å².